The molecule has 0 aromatic rings. The Kier molecular flexibility index (Phi) is 6.47. The standard InChI is InChI=1S/C19H36N6O2/c1-5-22-8-10-23(11-9-22)7-6-20-17-21-14-16-15-24(12-13-25(16)17)18(26)27-19(2,3)4/h16H,5-15H2,1-4H3,(H,20,21). The normalized spacial score (nSPS) is 24.6. The molecule has 2 saturated heterocycles. The van der Waals surface area contributed by atoms with Crippen LogP contribution in [0.15, 0.2) is 4.99 Å². The van der Waals surface area contributed by atoms with Crippen LogP contribution in [0.1, 0.15) is 27.7 Å². The minimum absolute atomic E-state index is 0.213. The first kappa shape index (κ1) is 20.2. The maximum absolute atomic E-state index is 12.3. The summed E-state index contributed by atoms with van der Waals surface area (Å²) in [6, 6.07) is 0.266. The van der Waals surface area contributed by atoms with E-state index in [9.17, 15) is 4.79 Å². The second-order valence-electron chi connectivity index (χ2n) is 8.64. The third-order valence-electron chi connectivity index (χ3n) is 5.48. The molecule has 0 saturated carbocycles. The fourth-order valence-electron chi connectivity index (χ4n) is 3.88. The topological polar surface area (TPSA) is 63.6 Å². The molecule has 3 heterocycles. The monoisotopic (exact) mass is 380 g/mol. The minimum Gasteiger partial charge on any atom is -0.444 e. The highest BCUT2D eigenvalue weighted by Gasteiger charge is 2.36. The van der Waals surface area contributed by atoms with Gasteiger partial charge in [-0.3, -0.25) is 9.89 Å². The Morgan fingerprint density at radius 3 is 2.52 bits per heavy atom. The lowest BCUT2D eigenvalue weighted by atomic mass is 10.2. The summed E-state index contributed by atoms with van der Waals surface area (Å²) in [5, 5.41) is 3.52. The van der Waals surface area contributed by atoms with Gasteiger partial charge in [-0.05, 0) is 27.3 Å². The summed E-state index contributed by atoms with van der Waals surface area (Å²) in [6.45, 7) is 18.7. The predicted molar refractivity (Wildman–Crippen MR) is 107 cm³/mol. The Morgan fingerprint density at radius 2 is 1.85 bits per heavy atom. The first-order valence-corrected chi connectivity index (χ1v) is 10.3. The largest absolute Gasteiger partial charge is 0.444 e. The van der Waals surface area contributed by atoms with Crippen LogP contribution in [-0.4, -0.2) is 115 Å². The van der Waals surface area contributed by atoms with E-state index >= 15 is 0 Å². The summed E-state index contributed by atoms with van der Waals surface area (Å²) < 4.78 is 5.51. The number of hydrogen-bond acceptors (Lipinski definition) is 7. The van der Waals surface area contributed by atoms with E-state index in [2.05, 4.69) is 31.9 Å². The molecule has 8 nitrogen and oxygen atoms in total. The van der Waals surface area contributed by atoms with E-state index in [1.807, 2.05) is 25.7 Å². The lowest BCUT2D eigenvalue weighted by Crippen LogP contribution is -2.58. The lowest BCUT2D eigenvalue weighted by molar-refractivity contribution is 0.0137. The maximum Gasteiger partial charge on any atom is 0.410 e. The van der Waals surface area contributed by atoms with Crippen LogP contribution in [0.2, 0.25) is 0 Å². The molecule has 3 aliphatic rings. The van der Waals surface area contributed by atoms with Crippen LogP contribution >= 0.6 is 0 Å². The Balaban J connectivity index is 1.38. The van der Waals surface area contributed by atoms with Gasteiger partial charge in [0, 0.05) is 58.9 Å². The number of piperazine rings is 2. The van der Waals surface area contributed by atoms with Gasteiger partial charge < -0.3 is 24.8 Å². The smallest absolute Gasteiger partial charge is 0.410 e. The molecule has 1 unspecified atom stereocenters. The summed E-state index contributed by atoms with van der Waals surface area (Å²) in [7, 11) is 0. The minimum atomic E-state index is -0.449. The molecular formula is C19H36N6O2. The van der Waals surface area contributed by atoms with Gasteiger partial charge in [0.1, 0.15) is 5.60 Å². The molecule has 1 atom stereocenters. The van der Waals surface area contributed by atoms with Crippen molar-refractivity contribution in [1.29, 1.82) is 0 Å². The lowest BCUT2D eigenvalue weighted by Gasteiger charge is -2.39. The number of rotatable bonds is 4. The van der Waals surface area contributed by atoms with Gasteiger partial charge in [-0.25, -0.2) is 4.79 Å². The second kappa shape index (κ2) is 8.65. The van der Waals surface area contributed by atoms with Crippen LogP contribution < -0.4 is 5.32 Å². The fourth-order valence-corrected chi connectivity index (χ4v) is 3.88. The Labute approximate surface area is 163 Å². The van der Waals surface area contributed by atoms with Gasteiger partial charge in [0.05, 0.1) is 12.6 Å². The first-order chi connectivity index (χ1) is 12.9. The van der Waals surface area contributed by atoms with E-state index in [1.54, 1.807) is 0 Å². The van der Waals surface area contributed by atoms with Gasteiger partial charge >= 0.3 is 6.09 Å². The van der Waals surface area contributed by atoms with E-state index in [0.717, 1.165) is 51.8 Å². The van der Waals surface area contributed by atoms with Crippen molar-refractivity contribution in [3.05, 3.63) is 0 Å². The Hall–Kier alpha value is -1.54. The Bertz CT molecular complexity index is 539. The van der Waals surface area contributed by atoms with Crippen LogP contribution in [-0.2, 0) is 4.74 Å². The van der Waals surface area contributed by atoms with Crippen molar-refractivity contribution >= 4 is 12.1 Å². The highest BCUT2D eigenvalue weighted by atomic mass is 16.6. The number of carbonyl (C=O) groups is 1. The third-order valence-corrected chi connectivity index (χ3v) is 5.48. The van der Waals surface area contributed by atoms with Crippen molar-refractivity contribution < 1.29 is 9.53 Å². The number of nitrogens with zero attached hydrogens (tertiary/aromatic N) is 5. The molecule has 154 valence electrons. The van der Waals surface area contributed by atoms with Gasteiger partial charge in [-0.2, -0.15) is 0 Å². The zero-order chi connectivity index (χ0) is 19.4. The Morgan fingerprint density at radius 1 is 1.15 bits per heavy atom. The fraction of sp³-hybridized carbons (Fsp3) is 0.895. The average molecular weight is 381 g/mol. The molecule has 27 heavy (non-hydrogen) atoms. The number of carbonyl (C=O) groups excluding carboxylic acids is 1. The molecule has 0 spiro atoms. The molecule has 0 aromatic heterocycles. The number of nitrogens with one attached hydrogen (secondary N) is 1. The highest BCUT2D eigenvalue weighted by Crippen LogP contribution is 2.18. The highest BCUT2D eigenvalue weighted by molar-refractivity contribution is 5.82. The molecule has 0 bridgehead atoms. The average Bonchev–Trinajstić information content (AvgIpc) is 3.03. The van der Waals surface area contributed by atoms with Crippen molar-refractivity contribution in [3.63, 3.8) is 0 Å². The number of likely N-dealkylation sites (N-methyl/N-ethyl adjacent to an activating group) is 1. The molecule has 1 N–H and O–H groups in total. The molecular weight excluding hydrogens is 344 g/mol. The van der Waals surface area contributed by atoms with Gasteiger partial charge in [0.2, 0.25) is 0 Å². The molecule has 1 amide bonds. The van der Waals surface area contributed by atoms with Crippen LogP contribution in [0.5, 0.6) is 0 Å². The second-order valence-corrected chi connectivity index (χ2v) is 8.64. The van der Waals surface area contributed by atoms with Gasteiger partial charge in [0.15, 0.2) is 5.96 Å². The van der Waals surface area contributed by atoms with E-state index in [1.165, 1.54) is 13.1 Å². The van der Waals surface area contributed by atoms with Gasteiger partial charge in [-0.15, -0.1) is 0 Å². The predicted octanol–water partition coefficient (Wildman–Crippen LogP) is 0.504. The summed E-state index contributed by atoms with van der Waals surface area (Å²) in [5.41, 5.74) is -0.449. The molecule has 0 radical (unpaired) electrons. The van der Waals surface area contributed by atoms with Crippen LogP contribution in [0.4, 0.5) is 4.79 Å². The molecule has 8 heteroatoms. The van der Waals surface area contributed by atoms with Gasteiger partial charge in [0.25, 0.3) is 0 Å². The maximum atomic E-state index is 12.3. The number of amides is 1. The molecule has 3 aliphatic heterocycles. The SMILES string of the molecule is CCN1CCN(CCNC2=NCC3CN(C(=O)OC(C)(C)C)CCN23)CC1. The number of hydrogen-bond donors (Lipinski definition) is 1. The van der Waals surface area contributed by atoms with E-state index < -0.39 is 5.60 Å². The van der Waals surface area contributed by atoms with Crippen molar-refractivity contribution in [2.45, 2.75) is 39.3 Å². The van der Waals surface area contributed by atoms with Crippen LogP contribution in [0.3, 0.4) is 0 Å². The van der Waals surface area contributed by atoms with E-state index in [0.29, 0.717) is 13.1 Å². The molecule has 2 fully saturated rings. The van der Waals surface area contributed by atoms with E-state index in [4.69, 9.17) is 4.74 Å². The number of fused-ring (bicyclic) bond motifs is 1. The van der Waals surface area contributed by atoms with Crippen LogP contribution in [0.25, 0.3) is 0 Å². The zero-order valence-electron chi connectivity index (χ0n) is 17.4. The quantitative estimate of drug-likeness (QED) is 0.767. The summed E-state index contributed by atoms with van der Waals surface area (Å²) >= 11 is 0. The van der Waals surface area contributed by atoms with Crippen molar-refractivity contribution in [3.8, 4) is 0 Å². The molecule has 0 aromatic carbocycles. The number of ether oxygens (including phenoxy) is 1. The van der Waals surface area contributed by atoms with Gasteiger partial charge in [-0.1, -0.05) is 6.92 Å². The van der Waals surface area contributed by atoms with Crippen LogP contribution in [0, 0.1) is 0 Å². The number of aliphatic imine (C=N–C) groups is 1. The zero-order valence-corrected chi connectivity index (χ0v) is 17.4. The summed E-state index contributed by atoms with van der Waals surface area (Å²) in [5.74, 6) is 0.996. The summed E-state index contributed by atoms with van der Waals surface area (Å²) in [6.07, 6.45) is -0.213. The molecule has 3 rings (SSSR count). The van der Waals surface area contributed by atoms with Crippen molar-refractivity contribution in [1.82, 2.24) is 24.9 Å². The summed E-state index contributed by atoms with van der Waals surface area (Å²) in [4.78, 5) is 26.1. The van der Waals surface area contributed by atoms with Crippen molar-refractivity contribution in [2.75, 3.05) is 72.0 Å². The first-order valence-electron chi connectivity index (χ1n) is 10.3. The third kappa shape index (κ3) is 5.48. The van der Waals surface area contributed by atoms with E-state index in [-0.39, 0.29) is 12.1 Å². The molecule has 0 aliphatic carbocycles. The number of guanidine groups is 1. The van der Waals surface area contributed by atoms with Crippen molar-refractivity contribution in [2.24, 2.45) is 4.99 Å².